The van der Waals surface area contributed by atoms with Crippen LogP contribution in [0.25, 0.3) is 6.08 Å². The van der Waals surface area contributed by atoms with Gasteiger partial charge in [0.1, 0.15) is 0 Å². The number of rotatable bonds is 3. The number of nitro benzene ring substituents is 1. The monoisotopic (exact) mass is 211 g/mol. The van der Waals surface area contributed by atoms with E-state index in [1.807, 2.05) is 0 Å². The van der Waals surface area contributed by atoms with Crippen LogP contribution in [0.1, 0.15) is 5.56 Å². The molecular formula is C9H6FNO4. The van der Waals surface area contributed by atoms with Crippen molar-refractivity contribution >= 4 is 17.7 Å². The van der Waals surface area contributed by atoms with E-state index in [0.717, 1.165) is 12.1 Å². The summed E-state index contributed by atoms with van der Waals surface area (Å²) in [5.74, 6) is -2.29. The molecule has 0 spiro atoms. The highest BCUT2D eigenvalue weighted by Gasteiger charge is 2.15. The maximum absolute atomic E-state index is 13.3. The lowest BCUT2D eigenvalue weighted by molar-refractivity contribution is -0.387. The average molecular weight is 211 g/mol. The van der Waals surface area contributed by atoms with Gasteiger partial charge in [-0.15, -0.1) is 0 Å². The normalized spacial score (nSPS) is 10.5. The first kappa shape index (κ1) is 10.8. The molecule has 0 fully saturated rings. The molecule has 78 valence electrons. The summed E-state index contributed by atoms with van der Waals surface area (Å²) < 4.78 is 13.3. The lowest BCUT2D eigenvalue weighted by Crippen LogP contribution is -1.94. The van der Waals surface area contributed by atoms with Crippen molar-refractivity contribution in [3.05, 3.63) is 45.8 Å². The Kier molecular flexibility index (Phi) is 3.12. The van der Waals surface area contributed by atoms with Gasteiger partial charge < -0.3 is 5.11 Å². The molecule has 1 N–H and O–H groups in total. The fourth-order valence-electron chi connectivity index (χ4n) is 0.968. The van der Waals surface area contributed by atoms with E-state index in [2.05, 4.69) is 0 Å². The highest BCUT2D eigenvalue weighted by Crippen LogP contribution is 2.20. The molecule has 0 saturated carbocycles. The predicted octanol–water partition coefficient (Wildman–Crippen LogP) is 1.83. The van der Waals surface area contributed by atoms with Crippen molar-refractivity contribution in [3.63, 3.8) is 0 Å². The molecule has 6 heteroatoms. The van der Waals surface area contributed by atoms with E-state index in [1.165, 1.54) is 12.1 Å². The van der Waals surface area contributed by atoms with Gasteiger partial charge >= 0.3 is 11.7 Å². The van der Waals surface area contributed by atoms with Gasteiger partial charge in [-0.05, 0) is 6.08 Å². The van der Waals surface area contributed by atoms with Gasteiger partial charge in [0.2, 0.25) is 5.82 Å². The van der Waals surface area contributed by atoms with Crippen molar-refractivity contribution < 1.29 is 19.2 Å². The Bertz CT molecular complexity index is 442. The van der Waals surface area contributed by atoms with E-state index in [0.29, 0.717) is 6.08 Å². The summed E-state index contributed by atoms with van der Waals surface area (Å²) >= 11 is 0. The molecule has 1 aromatic rings. The van der Waals surface area contributed by atoms with Crippen molar-refractivity contribution in [1.82, 2.24) is 0 Å². The Balaban J connectivity index is 3.15. The average Bonchev–Trinajstić information content (AvgIpc) is 2.15. The van der Waals surface area contributed by atoms with Gasteiger partial charge in [0, 0.05) is 17.7 Å². The number of nitrogens with zero attached hydrogens (tertiary/aromatic N) is 1. The molecule has 0 aliphatic carbocycles. The predicted molar refractivity (Wildman–Crippen MR) is 49.7 cm³/mol. The number of benzene rings is 1. The third-order valence-corrected chi connectivity index (χ3v) is 1.61. The van der Waals surface area contributed by atoms with Gasteiger partial charge in [-0.1, -0.05) is 12.1 Å². The van der Waals surface area contributed by atoms with Crippen LogP contribution in [-0.2, 0) is 4.79 Å². The molecule has 0 aliphatic rings. The molecule has 5 nitrogen and oxygen atoms in total. The van der Waals surface area contributed by atoms with E-state index < -0.39 is 22.4 Å². The van der Waals surface area contributed by atoms with Crippen LogP contribution in [0.4, 0.5) is 10.1 Å². The fraction of sp³-hybridized carbons (Fsp3) is 0. The molecule has 15 heavy (non-hydrogen) atoms. The maximum Gasteiger partial charge on any atom is 0.328 e. The lowest BCUT2D eigenvalue weighted by Gasteiger charge is -1.96. The van der Waals surface area contributed by atoms with Crippen LogP contribution in [0, 0.1) is 15.9 Å². The van der Waals surface area contributed by atoms with Crippen LogP contribution < -0.4 is 0 Å². The van der Waals surface area contributed by atoms with Gasteiger partial charge in [0.15, 0.2) is 0 Å². The smallest absolute Gasteiger partial charge is 0.328 e. The van der Waals surface area contributed by atoms with Gasteiger partial charge in [0.25, 0.3) is 0 Å². The second-order valence-corrected chi connectivity index (χ2v) is 2.61. The molecule has 1 aromatic carbocycles. The molecule has 0 atom stereocenters. The third kappa shape index (κ3) is 2.60. The van der Waals surface area contributed by atoms with Crippen LogP contribution in [0.3, 0.4) is 0 Å². The first-order chi connectivity index (χ1) is 7.02. The Morgan fingerprint density at radius 3 is 2.73 bits per heavy atom. The minimum absolute atomic E-state index is 0.133. The molecule has 0 unspecified atom stereocenters. The summed E-state index contributed by atoms with van der Waals surface area (Å²) in [5.41, 5.74) is -0.811. The first-order valence-electron chi connectivity index (χ1n) is 3.86. The van der Waals surface area contributed by atoms with Crippen LogP contribution in [0.2, 0.25) is 0 Å². The summed E-state index contributed by atoms with van der Waals surface area (Å²) in [6, 6.07) is 3.54. The standard InChI is InChI=1S/C9H6FNO4/c10-9-6(4-5-8(12)13)2-1-3-7(9)11(14)15/h1-5H,(H,12,13)/b5-4+. The van der Waals surface area contributed by atoms with E-state index >= 15 is 0 Å². The number of halogens is 1. The molecule has 1 rings (SSSR count). The minimum Gasteiger partial charge on any atom is -0.478 e. The van der Waals surface area contributed by atoms with Crippen molar-refractivity contribution in [2.45, 2.75) is 0 Å². The number of carboxylic acid groups (broad SMARTS) is 1. The molecule has 0 bridgehead atoms. The van der Waals surface area contributed by atoms with E-state index in [1.54, 1.807) is 0 Å². The maximum atomic E-state index is 13.3. The highest BCUT2D eigenvalue weighted by atomic mass is 19.1. The summed E-state index contributed by atoms with van der Waals surface area (Å²) in [4.78, 5) is 19.6. The van der Waals surface area contributed by atoms with Crippen LogP contribution in [-0.4, -0.2) is 16.0 Å². The summed E-state index contributed by atoms with van der Waals surface area (Å²) in [6.07, 6.45) is 1.67. The number of aliphatic carboxylic acids is 1. The SMILES string of the molecule is O=C(O)/C=C/c1cccc([N+](=O)[O-])c1F. The van der Waals surface area contributed by atoms with Crippen LogP contribution in [0.5, 0.6) is 0 Å². The second kappa shape index (κ2) is 4.32. The van der Waals surface area contributed by atoms with Gasteiger partial charge in [0.05, 0.1) is 4.92 Å². The zero-order chi connectivity index (χ0) is 11.4. The summed E-state index contributed by atoms with van der Waals surface area (Å²) in [7, 11) is 0. The van der Waals surface area contributed by atoms with E-state index in [9.17, 15) is 19.3 Å². The van der Waals surface area contributed by atoms with Crippen molar-refractivity contribution in [1.29, 1.82) is 0 Å². The number of hydrogen-bond acceptors (Lipinski definition) is 3. The molecule has 0 aliphatic heterocycles. The number of nitro groups is 1. The Morgan fingerprint density at radius 2 is 2.20 bits per heavy atom. The molecule has 0 radical (unpaired) electrons. The van der Waals surface area contributed by atoms with Gasteiger partial charge in [-0.3, -0.25) is 10.1 Å². The Labute approximate surface area is 83.6 Å². The first-order valence-corrected chi connectivity index (χ1v) is 3.86. The van der Waals surface area contributed by atoms with Gasteiger partial charge in [-0.25, -0.2) is 4.79 Å². The van der Waals surface area contributed by atoms with Gasteiger partial charge in [-0.2, -0.15) is 4.39 Å². The molecule has 0 amide bonds. The van der Waals surface area contributed by atoms with E-state index in [-0.39, 0.29) is 5.56 Å². The topological polar surface area (TPSA) is 80.4 Å². The molecule has 0 aromatic heterocycles. The van der Waals surface area contributed by atoms with E-state index in [4.69, 9.17) is 5.11 Å². The Hall–Kier alpha value is -2.24. The zero-order valence-electron chi connectivity index (χ0n) is 7.38. The summed E-state index contributed by atoms with van der Waals surface area (Å²) in [6.45, 7) is 0. The summed E-state index contributed by atoms with van der Waals surface area (Å²) in [5, 5.41) is 18.6. The molecule has 0 saturated heterocycles. The zero-order valence-corrected chi connectivity index (χ0v) is 7.38. The molecule has 0 heterocycles. The number of carbonyl (C=O) groups is 1. The number of hydrogen-bond donors (Lipinski definition) is 1. The van der Waals surface area contributed by atoms with Crippen molar-refractivity contribution in [3.8, 4) is 0 Å². The second-order valence-electron chi connectivity index (χ2n) is 2.61. The third-order valence-electron chi connectivity index (χ3n) is 1.61. The quantitative estimate of drug-likeness (QED) is 0.469. The molecular weight excluding hydrogens is 205 g/mol. The minimum atomic E-state index is -1.25. The fourth-order valence-corrected chi connectivity index (χ4v) is 0.968. The largest absolute Gasteiger partial charge is 0.478 e. The Morgan fingerprint density at radius 1 is 1.53 bits per heavy atom. The van der Waals surface area contributed by atoms with Crippen LogP contribution >= 0.6 is 0 Å². The highest BCUT2D eigenvalue weighted by molar-refractivity contribution is 5.85. The van der Waals surface area contributed by atoms with Crippen LogP contribution in [0.15, 0.2) is 24.3 Å². The van der Waals surface area contributed by atoms with Crippen molar-refractivity contribution in [2.24, 2.45) is 0 Å². The number of carboxylic acids is 1. The van der Waals surface area contributed by atoms with Crippen molar-refractivity contribution in [2.75, 3.05) is 0 Å². The lowest BCUT2D eigenvalue weighted by atomic mass is 10.1.